The van der Waals surface area contributed by atoms with Gasteiger partial charge in [-0.3, -0.25) is 5.11 Å². The maximum Gasteiger partial charge on any atom is 0.197 e. The fourth-order valence-corrected chi connectivity index (χ4v) is 0.642. The number of hydrogen-bond acceptors (Lipinski definition) is 0. The molecule has 0 fully saturated rings. The quantitative estimate of drug-likeness (QED) is 0.535. The largest absolute Gasteiger partial charge is 0.288 e. The Balaban J connectivity index is 3.17. The maximum absolute atomic E-state index is 12.1. The van der Waals surface area contributed by atoms with E-state index in [9.17, 15) is 9.50 Å². The minimum Gasteiger partial charge on any atom is -0.288 e. The van der Waals surface area contributed by atoms with E-state index < -0.39 is 5.82 Å². The molecule has 1 rings (SSSR count). The third-order valence-corrected chi connectivity index (χ3v) is 1.19. The highest BCUT2D eigenvalue weighted by molar-refractivity contribution is 6.31. The van der Waals surface area contributed by atoms with Gasteiger partial charge in [0.15, 0.2) is 5.75 Å². The van der Waals surface area contributed by atoms with Crippen LogP contribution in [0.5, 0.6) is 5.75 Å². The van der Waals surface area contributed by atoms with Gasteiger partial charge in [0.1, 0.15) is 5.82 Å². The highest BCUT2D eigenvalue weighted by Crippen LogP contribution is 2.23. The molecule has 0 N–H and O–H groups in total. The van der Waals surface area contributed by atoms with Gasteiger partial charge in [-0.1, -0.05) is 11.6 Å². The van der Waals surface area contributed by atoms with Crippen molar-refractivity contribution in [3.63, 3.8) is 0 Å². The number of halogens is 2. The molecule has 0 bridgehead atoms. The smallest absolute Gasteiger partial charge is 0.197 e. The van der Waals surface area contributed by atoms with Crippen molar-refractivity contribution in [2.45, 2.75) is 0 Å². The molecule has 0 saturated carbocycles. The Morgan fingerprint density at radius 2 is 2.11 bits per heavy atom. The topological polar surface area (TPSA) is 19.9 Å². The van der Waals surface area contributed by atoms with Gasteiger partial charge in [-0.15, -0.1) is 0 Å². The van der Waals surface area contributed by atoms with Crippen LogP contribution < -0.4 is 0 Å². The molecule has 0 spiro atoms. The van der Waals surface area contributed by atoms with Crippen LogP contribution in [0.3, 0.4) is 0 Å². The lowest BCUT2D eigenvalue weighted by Crippen LogP contribution is -1.70. The first-order valence-corrected chi connectivity index (χ1v) is 2.70. The van der Waals surface area contributed by atoms with E-state index >= 15 is 0 Å². The van der Waals surface area contributed by atoms with E-state index in [2.05, 4.69) is 0 Å². The molecule has 0 saturated heterocycles. The molecular weight excluding hydrogens is 143 g/mol. The van der Waals surface area contributed by atoms with E-state index in [1.807, 2.05) is 0 Å². The summed E-state index contributed by atoms with van der Waals surface area (Å²) in [6.45, 7) is 0. The molecule has 0 amide bonds. The summed E-state index contributed by atoms with van der Waals surface area (Å²) < 4.78 is 12.1. The fourth-order valence-electron chi connectivity index (χ4n) is 0.475. The van der Waals surface area contributed by atoms with Crippen LogP contribution in [0.15, 0.2) is 18.2 Å². The second kappa shape index (κ2) is 2.23. The highest BCUT2D eigenvalue weighted by Gasteiger charge is 1.99. The highest BCUT2D eigenvalue weighted by atomic mass is 35.5. The van der Waals surface area contributed by atoms with Gasteiger partial charge in [-0.05, 0) is 18.2 Å². The van der Waals surface area contributed by atoms with Gasteiger partial charge in [-0.25, -0.2) is 4.39 Å². The molecule has 9 heavy (non-hydrogen) atoms. The molecule has 0 aromatic heterocycles. The lowest BCUT2D eigenvalue weighted by Gasteiger charge is -1.89. The molecule has 3 heteroatoms. The Morgan fingerprint density at radius 3 is 2.56 bits per heavy atom. The predicted molar refractivity (Wildman–Crippen MR) is 31.5 cm³/mol. The van der Waals surface area contributed by atoms with E-state index in [0.717, 1.165) is 18.2 Å². The Hall–Kier alpha value is -0.760. The van der Waals surface area contributed by atoms with Crippen LogP contribution in [-0.2, 0) is 5.11 Å². The Kier molecular flexibility index (Phi) is 1.58. The van der Waals surface area contributed by atoms with Crippen LogP contribution in [0.4, 0.5) is 4.39 Å². The molecule has 47 valence electrons. The molecule has 0 aliphatic rings. The standard InChI is InChI=1S/C6H3ClFO/c7-5-3-4(8)1-2-6(5)9/h1-3H. The van der Waals surface area contributed by atoms with Crippen molar-refractivity contribution >= 4 is 11.6 Å². The monoisotopic (exact) mass is 145 g/mol. The zero-order valence-electron chi connectivity index (χ0n) is 4.40. The van der Waals surface area contributed by atoms with Crippen molar-refractivity contribution in [1.29, 1.82) is 0 Å². The molecule has 1 aromatic carbocycles. The van der Waals surface area contributed by atoms with Crippen molar-refractivity contribution in [3.8, 4) is 5.75 Å². The first kappa shape index (κ1) is 6.36. The van der Waals surface area contributed by atoms with Crippen LogP contribution in [0.25, 0.3) is 0 Å². The summed E-state index contributed by atoms with van der Waals surface area (Å²) in [5.74, 6) is -0.835. The molecule has 0 atom stereocenters. The molecule has 0 unspecified atom stereocenters. The molecule has 1 aromatic rings. The van der Waals surface area contributed by atoms with Crippen molar-refractivity contribution in [2.24, 2.45) is 0 Å². The SMILES string of the molecule is [O]c1ccc(F)cc1Cl. The minimum atomic E-state index is -0.486. The summed E-state index contributed by atoms with van der Waals surface area (Å²) >= 11 is 5.26. The van der Waals surface area contributed by atoms with E-state index in [1.165, 1.54) is 0 Å². The summed E-state index contributed by atoms with van der Waals surface area (Å²) in [7, 11) is 0. The van der Waals surface area contributed by atoms with Gasteiger partial charge < -0.3 is 0 Å². The first-order chi connectivity index (χ1) is 4.20. The van der Waals surface area contributed by atoms with Gasteiger partial charge in [0.2, 0.25) is 0 Å². The third kappa shape index (κ3) is 1.33. The zero-order chi connectivity index (χ0) is 6.85. The first-order valence-electron chi connectivity index (χ1n) is 2.32. The number of hydrogen-bond donors (Lipinski definition) is 0. The molecule has 0 aliphatic heterocycles. The second-order valence-corrected chi connectivity index (χ2v) is 1.98. The van der Waals surface area contributed by atoms with Gasteiger partial charge >= 0.3 is 0 Å². The average molecular weight is 146 g/mol. The Labute approximate surface area is 56.7 Å². The molecular formula is C6H3ClFO. The molecule has 0 aliphatic carbocycles. The van der Waals surface area contributed by atoms with Crippen molar-refractivity contribution < 1.29 is 9.50 Å². The van der Waals surface area contributed by atoms with Gasteiger partial charge in [0, 0.05) is 0 Å². The molecule has 1 nitrogen and oxygen atoms in total. The van der Waals surface area contributed by atoms with E-state index in [0.29, 0.717) is 0 Å². The normalized spacial score (nSPS) is 9.56. The fraction of sp³-hybridized carbons (Fsp3) is 0. The van der Waals surface area contributed by atoms with Gasteiger partial charge in [0.05, 0.1) is 5.02 Å². The van der Waals surface area contributed by atoms with Gasteiger partial charge in [-0.2, -0.15) is 0 Å². The summed E-state index contributed by atoms with van der Waals surface area (Å²) in [5.41, 5.74) is 0. The van der Waals surface area contributed by atoms with Crippen molar-refractivity contribution in [3.05, 3.63) is 29.0 Å². The maximum atomic E-state index is 12.1. The number of rotatable bonds is 0. The van der Waals surface area contributed by atoms with Crippen LogP contribution >= 0.6 is 11.6 Å². The summed E-state index contributed by atoms with van der Waals surface area (Å²) in [4.78, 5) is 0. The van der Waals surface area contributed by atoms with Crippen LogP contribution in [0, 0.1) is 5.82 Å². The van der Waals surface area contributed by atoms with Crippen LogP contribution in [-0.4, -0.2) is 0 Å². The lowest BCUT2D eigenvalue weighted by molar-refractivity contribution is 0.354. The van der Waals surface area contributed by atoms with E-state index in [-0.39, 0.29) is 10.8 Å². The summed E-state index contributed by atoms with van der Waals surface area (Å²) in [5, 5.41) is 10.4. The molecule has 1 radical (unpaired) electrons. The van der Waals surface area contributed by atoms with Crippen molar-refractivity contribution in [2.75, 3.05) is 0 Å². The second-order valence-electron chi connectivity index (χ2n) is 1.57. The summed E-state index contributed by atoms with van der Waals surface area (Å²) in [6, 6.07) is 3.16. The Bertz CT molecular complexity index is 224. The zero-order valence-corrected chi connectivity index (χ0v) is 5.15. The van der Waals surface area contributed by atoms with E-state index in [1.54, 1.807) is 0 Å². The average Bonchev–Trinajstić information content (AvgIpc) is 1.80. The summed E-state index contributed by atoms with van der Waals surface area (Å²) in [6.07, 6.45) is 0. The van der Waals surface area contributed by atoms with Crippen molar-refractivity contribution in [1.82, 2.24) is 0 Å². The Morgan fingerprint density at radius 1 is 1.44 bits per heavy atom. The van der Waals surface area contributed by atoms with E-state index in [4.69, 9.17) is 11.6 Å². The van der Waals surface area contributed by atoms with Gasteiger partial charge in [0.25, 0.3) is 0 Å². The van der Waals surface area contributed by atoms with Crippen LogP contribution in [0.2, 0.25) is 5.02 Å². The minimum absolute atomic E-state index is 0.0741. The predicted octanol–water partition coefficient (Wildman–Crippen LogP) is 2.62. The third-order valence-electron chi connectivity index (χ3n) is 0.894. The van der Waals surface area contributed by atoms with Crippen LogP contribution in [0.1, 0.15) is 0 Å². The lowest BCUT2D eigenvalue weighted by atomic mass is 10.3. The molecule has 0 heterocycles. The number of benzene rings is 1.